The molecule has 0 fully saturated rings. The van der Waals surface area contributed by atoms with Crippen LogP contribution in [0.1, 0.15) is 11.1 Å². The fourth-order valence-electron chi connectivity index (χ4n) is 1.43. The molecule has 0 spiro atoms. The van der Waals surface area contributed by atoms with Crippen molar-refractivity contribution in [1.82, 2.24) is 4.57 Å². The van der Waals surface area contributed by atoms with Crippen LogP contribution in [0.15, 0.2) is 47.9 Å². The minimum absolute atomic E-state index is 0.873. The van der Waals surface area contributed by atoms with Crippen LogP contribution in [0.5, 0.6) is 0 Å². The van der Waals surface area contributed by atoms with Crippen LogP contribution in [0.3, 0.4) is 0 Å². The molecule has 2 rings (SSSR count). The molecule has 1 N–H and O–H groups in total. The maximum Gasteiger partial charge on any atom is 0.0749 e. The molecule has 0 amide bonds. The Balaban J connectivity index is 2.33. The molecule has 76 valence electrons. The normalized spacial score (nSPS) is 11.0. The number of benzene rings is 1. The molecule has 0 aliphatic rings. The van der Waals surface area contributed by atoms with E-state index in [1.165, 1.54) is 11.8 Å². The second-order valence-electron chi connectivity index (χ2n) is 3.43. The van der Waals surface area contributed by atoms with Gasteiger partial charge in [0.25, 0.3) is 0 Å². The number of rotatable bonds is 2. The number of aromatic nitrogens is 1. The van der Waals surface area contributed by atoms with Gasteiger partial charge in [-0.3, -0.25) is 0 Å². The first-order valence-corrected chi connectivity index (χ1v) is 4.72. The molecule has 0 saturated carbocycles. The molecule has 0 atom stereocenters. The fourth-order valence-corrected chi connectivity index (χ4v) is 1.43. The third kappa shape index (κ3) is 2.07. The summed E-state index contributed by atoms with van der Waals surface area (Å²) in [4.78, 5) is 0. The lowest BCUT2D eigenvalue weighted by Gasteiger charge is -2.02. The first kappa shape index (κ1) is 9.52. The highest BCUT2D eigenvalue weighted by atomic mass is 16.4. The average Bonchev–Trinajstić information content (AvgIpc) is 2.68. The van der Waals surface area contributed by atoms with Crippen molar-refractivity contribution in [1.29, 1.82) is 0 Å². The summed E-state index contributed by atoms with van der Waals surface area (Å²) < 4.78 is 1.98. The average molecular weight is 200 g/mol. The third-order valence-electron chi connectivity index (χ3n) is 2.25. The summed E-state index contributed by atoms with van der Waals surface area (Å²) in [5, 5.41) is 11.4. The highest BCUT2D eigenvalue weighted by Gasteiger charge is 1.96. The van der Waals surface area contributed by atoms with Gasteiger partial charge in [0.05, 0.1) is 6.21 Å². The molecule has 2 aromatic rings. The van der Waals surface area contributed by atoms with E-state index in [1.54, 1.807) is 0 Å². The molecular formula is C12H12N2O. The van der Waals surface area contributed by atoms with E-state index in [9.17, 15) is 0 Å². The SMILES string of the molecule is Cc1ccc(-n2ccc(/C=N/O)c2)cc1. The second kappa shape index (κ2) is 4.00. The minimum Gasteiger partial charge on any atom is -0.411 e. The Bertz CT molecular complexity index is 469. The smallest absolute Gasteiger partial charge is 0.0749 e. The number of hydrogen-bond acceptors (Lipinski definition) is 2. The number of oxime groups is 1. The van der Waals surface area contributed by atoms with E-state index in [-0.39, 0.29) is 0 Å². The summed E-state index contributed by atoms with van der Waals surface area (Å²) in [5.41, 5.74) is 3.21. The Morgan fingerprint density at radius 2 is 1.93 bits per heavy atom. The quantitative estimate of drug-likeness (QED) is 0.451. The highest BCUT2D eigenvalue weighted by molar-refractivity contribution is 5.78. The van der Waals surface area contributed by atoms with Crippen molar-refractivity contribution in [2.24, 2.45) is 5.16 Å². The van der Waals surface area contributed by atoms with Crippen LogP contribution < -0.4 is 0 Å². The van der Waals surface area contributed by atoms with E-state index < -0.39 is 0 Å². The van der Waals surface area contributed by atoms with Crippen LogP contribution in [0.2, 0.25) is 0 Å². The Morgan fingerprint density at radius 3 is 2.60 bits per heavy atom. The van der Waals surface area contributed by atoms with Crippen molar-refractivity contribution in [3.8, 4) is 5.69 Å². The van der Waals surface area contributed by atoms with E-state index in [4.69, 9.17) is 5.21 Å². The molecule has 0 radical (unpaired) electrons. The van der Waals surface area contributed by atoms with Gasteiger partial charge in [0.1, 0.15) is 0 Å². The molecule has 1 heterocycles. The summed E-state index contributed by atoms with van der Waals surface area (Å²) in [6, 6.07) is 10.1. The topological polar surface area (TPSA) is 37.5 Å². The lowest BCUT2D eigenvalue weighted by molar-refractivity contribution is 0.322. The molecule has 0 aliphatic heterocycles. The molecule has 0 unspecified atom stereocenters. The zero-order valence-electron chi connectivity index (χ0n) is 8.46. The van der Waals surface area contributed by atoms with Crippen molar-refractivity contribution < 1.29 is 5.21 Å². The summed E-state index contributed by atoms with van der Waals surface area (Å²) in [5.74, 6) is 0. The van der Waals surface area contributed by atoms with Gasteiger partial charge in [-0.25, -0.2) is 0 Å². The maximum absolute atomic E-state index is 8.40. The standard InChI is InChI=1S/C12H12N2O/c1-10-2-4-12(5-3-10)14-7-6-11(9-14)8-13-15/h2-9,15H,1H3/b13-8+. The van der Waals surface area contributed by atoms with Crippen molar-refractivity contribution in [3.05, 3.63) is 53.9 Å². The first-order valence-electron chi connectivity index (χ1n) is 4.72. The van der Waals surface area contributed by atoms with Gasteiger partial charge in [-0.1, -0.05) is 22.9 Å². The summed E-state index contributed by atoms with van der Waals surface area (Å²) in [7, 11) is 0. The minimum atomic E-state index is 0.873. The molecule has 1 aromatic heterocycles. The van der Waals surface area contributed by atoms with E-state index in [0.717, 1.165) is 11.3 Å². The van der Waals surface area contributed by atoms with Crippen molar-refractivity contribution in [2.75, 3.05) is 0 Å². The third-order valence-corrected chi connectivity index (χ3v) is 2.25. The second-order valence-corrected chi connectivity index (χ2v) is 3.43. The summed E-state index contributed by atoms with van der Waals surface area (Å²) >= 11 is 0. The molecule has 3 heteroatoms. The van der Waals surface area contributed by atoms with Gasteiger partial charge in [0.15, 0.2) is 0 Å². The van der Waals surface area contributed by atoms with Crippen LogP contribution in [-0.2, 0) is 0 Å². The fraction of sp³-hybridized carbons (Fsp3) is 0.0833. The Labute approximate surface area is 88.3 Å². The van der Waals surface area contributed by atoms with Gasteiger partial charge < -0.3 is 9.77 Å². The Morgan fingerprint density at radius 1 is 1.20 bits per heavy atom. The Kier molecular flexibility index (Phi) is 2.54. The van der Waals surface area contributed by atoms with Crippen molar-refractivity contribution in [3.63, 3.8) is 0 Å². The van der Waals surface area contributed by atoms with Gasteiger partial charge in [-0.2, -0.15) is 0 Å². The first-order chi connectivity index (χ1) is 7.29. The van der Waals surface area contributed by atoms with E-state index >= 15 is 0 Å². The van der Waals surface area contributed by atoms with Crippen LogP contribution in [0.25, 0.3) is 5.69 Å². The van der Waals surface area contributed by atoms with E-state index in [1.807, 2.05) is 23.0 Å². The largest absolute Gasteiger partial charge is 0.411 e. The highest BCUT2D eigenvalue weighted by Crippen LogP contribution is 2.10. The molecule has 0 aliphatic carbocycles. The van der Waals surface area contributed by atoms with Crippen LogP contribution in [0.4, 0.5) is 0 Å². The van der Waals surface area contributed by atoms with Crippen LogP contribution in [-0.4, -0.2) is 16.0 Å². The van der Waals surface area contributed by atoms with Crippen molar-refractivity contribution in [2.45, 2.75) is 6.92 Å². The molecule has 15 heavy (non-hydrogen) atoms. The number of aryl methyl sites for hydroxylation is 1. The molecular weight excluding hydrogens is 188 g/mol. The lowest BCUT2D eigenvalue weighted by Crippen LogP contribution is -1.89. The van der Waals surface area contributed by atoms with Crippen LogP contribution in [0, 0.1) is 6.92 Å². The van der Waals surface area contributed by atoms with E-state index in [2.05, 4.69) is 36.3 Å². The Hall–Kier alpha value is -2.03. The predicted octanol–water partition coefficient (Wildman–Crippen LogP) is 2.59. The lowest BCUT2D eigenvalue weighted by atomic mass is 10.2. The summed E-state index contributed by atoms with van der Waals surface area (Å²) in [6.07, 6.45) is 5.25. The molecule has 3 nitrogen and oxygen atoms in total. The summed E-state index contributed by atoms with van der Waals surface area (Å²) in [6.45, 7) is 2.06. The number of nitrogens with zero attached hydrogens (tertiary/aromatic N) is 2. The molecule has 0 bridgehead atoms. The van der Waals surface area contributed by atoms with E-state index in [0.29, 0.717) is 0 Å². The van der Waals surface area contributed by atoms with Crippen LogP contribution >= 0.6 is 0 Å². The van der Waals surface area contributed by atoms with Gasteiger partial charge >= 0.3 is 0 Å². The van der Waals surface area contributed by atoms with Gasteiger partial charge in [0.2, 0.25) is 0 Å². The molecule has 1 aromatic carbocycles. The zero-order chi connectivity index (χ0) is 10.7. The predicted molar refractivity (Wildman–Crippen MR) is 59.9 cm³/mol. The van der Waals surface area contributed by atoms with Gasteiger partial charge in [-0.15, -0.1) is 0 Å². The zero-order valence-corrected chi connectivity index (χ0v) is 8.46. The molecule has 0 saturated heterocycles. The number of hydrogen-bond donors (Lipinski definition) is 1. The monoisotopic (exact) mass is 200 g/mol. The van der Waals surface area contributed by atoms with Gasteiger partial charge in [0, 0.05) is 23.6 Å². The van der Waals surface area contributed by atoms with Gasteiger partial charge in [-0.05, 0) is 25.1 Å². The maximum atomic E-state index is 8.40. The van der Waals surface area contributed by atoms with Crippen molar-refractivity contribution >= 4 is 6.21 Å².